The molecule has 0 radical (unpaired) electrons. The summed E-state index contributed by atoms with van der Waals surface area (Å²) in [5.74, 6) is -0.124. The maximum Gasteiger partial charge on any atom is 0.258 e. The van der Waals surface area contributed by atoms with Crippen molar-refractivity contribution in [2.75, 3.05) is 32.7 Å². The number of aromatic nitrogens is 2. The first kappa shape index (κ1) is 23.4. The average molecular weight is 476 g/mol. The van der Waals surface area contributed by atoms with Gasteiger partial charge in [-0.15, -0.1) is 0 Å². The number of amides is 1. The molecule has 1 fully saturated rings. The molecule has 0 saturated carbocycles. The van der Waals surface area contributed by atoms with Gasteiger partial charge < -0.3 is 25.4 Å². The van der Waals surface area contributed by atoms with Crippen molar-refractivity contribution in [1.82, 2.24) is 19.8 Å². The van der Waals surface area contributed by atoms with Crippen LogP contribution in [0.4, 0.5) is 4.39 Å². The van der Waals surface area contributed by atoms with E-state index in [1.165, 1.54) is 30.6 Å². The molecule has 0 bridgehead atoms. The minimum Gasteiger partial charge on any atom is -0.489 e. The van der Waals surface area contributed by atoms with Gasteiger partial charge in [0, 0.05) is 49.4 Å². The maximum atomic E-state index is 14.0. The van der Waals surface area contributed by atoms with E-state index in [0.717, 1.165) is 25.9 Å². The molecule has 33 heavy (non-hydrogen) atoms. The molecule has 10 heteroatoms. The number of nitrogens with two attached hydrogens (primary N) is 1. The quantitative estimate of drug-likeness (QED) is 0.660. The van der Waals surface area contributed by atoms with E-state index in [0.29, 0.717) is 28.7 Å². The van der Waals surface area contributed by atoms with Crippen LogP contribution in [0.2, 0.25) is 5.02 Å². The van der Waals surface area contributed by atoms with Crippen LogP contribution in [0.3, 0.4) is 0 Å². The van der Waals surface area contributed by atoms with E-state index in [-0.39, 0.29) is 42.5 Å². The first-order chi connectivity index (χ1) is 15.8. The van der Waals surface area contributed by atoms with Gasteiger partial charge in [0.05, 0.1) is 29.8 Å². The second-order valence-corrected chi connectivity index (χ2v) is 8.93. The normalized spacial score (nSPS) is 18.6. The number of aliphatic hydroxyl groups excluding tert-OH is 1. The molecule has 3 heterocycles. The van der Waals surface area contributed by atoms with Gasteiger partial charge in [-0.2, -0.15) is 0 Å². The molecule has 2 aliphatic heterocycles. The topological polar surface area (TPSA) is 105 Å². The second-order valence-electron chi connectivity index (χ2n) is 8.50. The number of carbonyl (C=O) groups excluding carboxylic acids is 1. The summed E-state index contributed by atoms with van der Waals surface area (Å²) in [5.41, 5.74) is 7.62. The number of hydrogen-bond donors (Lipinski definition) is 2. The van der Waals surface area contributed by atoms with Crippen molar-refractivity contribution in [3.63, 3.8) is 0 Å². The predicted molar refractivity (Wildman–Crippen MR) is 122 cm³/mol. The summed E-state index contributed by atoms with van der Waals surface area (Å²) in [5, 5.41) is 9.99. The first-order valence-corrected chi connectivity index (χ1v) is 11.3. The summed E-state index contributed by atoms with van der Waals surface area (Å²) in [6.07, 6.45) is 3.89. The Morgan fingerprint density at radius 1 is 1.30 bits per heavy atom. The summed E-state index contributed by atoms with van der Waals surface area (Å²) in [7, 11) is 0. The monoisotopic (exact) mass is 475 g/mol. The average Bonchev–Trinajstić information content (AvgIpc) is 3.17. The highest BCUT2D eigenvalue weighted by atomic mass is 35.5. The molecule has 0 aliphatic carbocycles. The zero-order valence-electron chi connectivity index (χ0n) is 18.4. The Morgan fingerprint density at radius 2 is 2.00 bits per heavy atom. The lowest BCUT2D eigenvalue weighted by Gasteiger charge is -2.33. The number of β-amino-alcohol motifs (C(OH)–C–C–N with tert-alkyl or cyclic N) is 1. The third-order valence-corrected chi connectivity index (χ3v) is 6.00. The van der Waals surface area contributed by atoms with E-state index >= 15 is 0 Å². The molecule has 1 saturated heterocycles. The van der Waals surface area contributed by atoms with Gasteiger partial charge in [-0.1, -0.05) is 11.6 Å². The lowest BCUT2D eigenvalue weighted by atomic mass is 10.1. The molecule has 176 valence electrons. The second kappa shape index (κ2) is 10.0. The highest BCUT2D eigenvalue weighted by Crippen LogP contribution is 2.29. The lowest BCUT2D eigenvalue weighted by Crippen LogP contribution is -2.41. The number of benzene rings is 1. The van der Waals surface area contributed by atoms with Crippen LogP contribution in [0.15, 0.2) is 36.3 Å². The summed E-state index contributed by atoms with van der Waals surface area (Å²) in [4.78, 5) is 25.4. The molecule has 2 aromatic rings. The van der Waals surface area contributed by atoms with E-state index in [9.17, 15) is 14.3 Å². The minimum absolute atomic E-state index is 0.136. The highest BCUT2D eigenvalue weighted by molar-refractivity contribution is 6.30. The van der Waals surface area contributed by atoms with Gasteiger partial charge in [0.15, 0.2) is 5.82 Å². The van der Waals surface area contributed by atoms with Crippen LogP contribution < -0.4 is 10.5 Å². The van der Waals surface area contributed by atoms with Crippen LogP contribution in [0.5, 0.6) is 5.75 Å². The molecule has 1 atom stereocenters. The fourth-order valence-electron chi connectivity index (χ4n) is 4.18. The molecule has 0 spiro atoms. The largest absolute Gasteiger partial charge is 0.489 e. The molecule has 4 rings (SSSR count). The molecule has 1 unspecified atom stereocenters. The van der Waals surface area contributed by atoms with Gasteiger partial charge in [0.2, 0.25) is 0 Å². The van der Waals surface area contributed by atoms with Gasteiger partial charge in [-0.05, 0) is 31.9 Å². The van der Waals surface area contributed by atoms with Crippen molar-refractivity contribution in [2.45, 2.75) is 32.0 Å². The Labute approximate surface area is 196 Å². The molecule has 1 amide bonds. The van der Waals surface area contributed by atoms with E-state index in [1.807, 2.05) is 0 Å². The Morgan fingerprint density at radius 3 is 2.67 bits per heavy atom. The maximum absolute atomic E-state index is 14.0. The Balaban J connectivity index is 1.45. The molecule has 2 aliphatic rings. The van der Waals surface area contributed by atoms with Gasteiger partial charge in [-0.3, -0.25) is 4.79 Å². The predicted octanol–water partition coefficient (Wildman–Crippen LogP) is 2.32. The van der Waals surface area contributed by atoms with Crippen molar-refractivity contribution in [3.8, 4) is 5.75 Å². The van der Waals surface area contributed by atoms with Crippen LogP contribution in [-0.4, -0.2) is 75.7 Å². The number of aliphatic hydroxyl groups is 1. The molecular formula is C23H27ClFN5O3. The van der Waals surface area contributed by atoms with Crippen molar-refractivity contribution in [1.29, 1.82) is 0 Å². The highest BCUT2D eigenvalue weighted by Gasteiger charge is 2.30. The molecule has 1 aromatic heterocycles. The van der Waals surface area contributed by atoms with Crippen molar-refractivity contribution >= 4 is 23.1 Å². The zero-order chi connectivity index (χ0) is 23.5. The van der Waals surface area contributed by atoms with Crippen LogP contribution in [0.1, 0.15) is 35.9 Å². The number of carbonyl (C=O) groups is 1. The van der Waals surface area contributed by atoms with Gasteiger partial charge in [-0.25, -0.2) is 14.4 Å². The van der Waals surface area contributed by atoms with Gasteiger partial charge in [0.25, 0.3) is 5.91 Å². The van der Waals surface area contributed by atoms with Crippen LogP contribution in [0.25, 0.3) is 5.57 Å². The number of rotatable bonds is 6. The summed E-state index contributed by atoms with van der Waals surface area (Å²) in [6.45, 7) is 4.36. The van der Waals surface area contributed by atoms with E-state index in [2.05, 4.69) is 14.9 Å². The molecular weight excluding hydrogens is 449 g/mol. The SMILES string of the molecule is CC(O)CN1CCC(Oc2cc(F)ccc2C(=O)N2CC(N)=C(c3ncc(Cl)cn3)C2)CC1. The number of likely N-dealkylation sites (tertiary alicyclic amines) is 1. The summed E-state index contributed by atoms with van der Waals surface area (Å²) >= 11 is 5.86. The number of hydrogen-bond acceptors (Lipinski definition) is 7. The van der Waals surface area contributed by atoms with E-state index < -0.39 is 5.82 Å². The molecule has 3 N–H and O–H groups in total. The number of ether oxygens (including phenoxy) is 1. The third kappa shape index (κ3) is 5.61. The van der Waals surface area contributed by atoms with E-state index in [1.54, 1.807) is 11.8 Å². The fraction of sp³-hybridized carbons (Fsp3) is 0.435. The fourth-order valence-corrected chi connectivity index (χ4v) is 4.28. The van der Waals surface area contributed by atoms with Crippen LogP contribution in [-0.2, 0) is 0 Å². The number of halogens is 2. The Hall–Kier alpha value is -2.75. The Bertz CT molecular complexity index is 1040. The smallest absolute Gasteiger partial charge is 0.258 e. The zero-order valence-corrected chi connectivity index (χ0v) is 19.1. The van der Waals surface area contributed by atoms with Crippen molar-refractivity contribution in [3.05, 3.63) is 58.5 Å². The van der Waals surface area contributed by atoms with E-state index in [4.69, 9.17) is 22.1 Å². The standard InChI is InChI=1S/C23H27ClFN5O3/c1-14(31)11-29-6-4-17(5-7-29)33-21-8-16(25)2-3-18(21)23(32)30-12-19(20(26)13-30)22-27-9-15(24)10-28-22/h2-3,8-10,14,17,31H,4-7,11-13,26H2,1H3. The molecule has 1 aromatic carbocycles. The summed E-state index contributed by atoms with van der Waals surface area (Å²) < 4.78 is 20.1. The van der Waals surface area contributed by atoms with Gasteiger partial charge >= 0.3 is 0 Å². The summed E-state index contributed by atoms with van der Waals surface area (Å²) in [6, 6.07) is 3.95. The Kier molecular flexibility index (Phi) is 7.11. The van der Waals surface area contributed by atoms with Crippen LogP contribution >= 0.6 is 11.6 Å². The van der Waals surface area contributed by atoms with Crippen molar-refractivity contribution < 1.29 is 19.0 Å². The van der Waals surface area contributed by atoms with Crippen molar-refractivity contribution in [2.24, 2.45) is 5.73 Å². The lowest BCUT2D eigenvalue weighted by molar-refractivity contribution is 0.0648. The first-order valence-electron chi connectivity index (χ1n) is 10.9. The van der Waals surface area contributed by atoms with Crippen LogP contribution in [0, 0.1) is 5.82 Å². The number of nitrogens with zero attached hydrogens (tertiary/aromatic N) is 4. The molecule has 8 nitrogen and oxygen atoms in total. The third-order valence-electron chi connectivity index (χ3n) is 5.80. The van der Waals surface area contributed by atoms with Gasteiger partial charge in [0.1, 0.15) is 17.7 Å². The number of piperidine rings is 1. The minimum atomic E-state index is -0.470.